The van der Waals surface area contributed by atoms with Gasteiger partial charge in [-0.3, -0.25) is 14.6 Å². The summed E-state index contributed by atoms with van der Waals surface area (Å²) in [6.07, 6.45) is 2.90. The van der Waals surface area contributed by atoms with E-state index in [0.29, 0.717) is 17.6 Å². The number of amides is 1. The van der Waals surface area contributed by atoms with Crippen LogP contribution in [0.15, 0.2) is 24.3 Å². The summed E-state index contributed by atoms with van der Waals surface area (Å²) < 4.78 is 5.84. The van der Waals surface area contributed by atoms with Crippen molar-refractivity contribution in [3.8, 4) is 0 Å². The summed E-state index contributed by atoms with van der Waals surface area (Å²) in [5.41, 5.74) is 1.07. The van der Waals surface area contributed by atoms with Crippen molar-refractivity contribution in [3.63, 3.8) is 0 Å². The lowest BCUT2D eigenvalue weighted by Gasteiger charge is -2.38. The first-order valence-corrected chi connectivity index (χ1v) is 10.4. The molecule has 1 amide bonds. The summed E-state index contributed by atoms with van der Waals surface area (Å²) in [6, 6.07) is 8.09. The van der Waals surface area contributed by atoms with Crippen LogP contribution >= 0.6 is 11.6 Å². The third kappa shape index (κ3) is 5.92. The van der Waals surface area contributed by atoms with E-state index in [2.05, 4.69) is 29.0 Å². The van der Waals surface area contributed by atoms with E-state index < -0.39 is 0 Å². The molecule has 0 aliphatic carbocycles. The number of ether oxygens (including phenoxy) is 1. The lowest BCUT2D eigenvalue weighted by atomic mass is 10.1. The van der Waals surface area contributed by atoms with E-state index in [1.807, 2.05) is 31.2 Å². The quantitative estimate of drug-likeness (QED) is 0.806. The van der Waals surface area contributed by atoms with Gasteiger partial charge in [-0.2, -0.15) is 0 Å². The smallest absolute Gasteiger partial charge is 0.234 e. The Morgan fingerprint density at radius 2 is 1.93 bits per heavy atom. The first-order chi connectivity index (χ1) is 12.9. The fourth-order valence-corrected chi connectivity index (χ4v) is 4.47. The number of nitrogens with one attached hydrogen (secondary N) is 1. The Balaban J connectivity index is 1.49. The van der Waals surface area contributed by atoms with E-state index >= 15 is 0 Å². The van der Waals surface area contributed by atoms with Crippen LogP contribution in [-0.2, 0) is 9.53 Å². The molecule has 3 rings (SSSR count). The average Bonchev–Trinajstić information content (AvgIpc) is 3.01. The Hall–Kier alpha value is -1.14. The zero-order valence-corrected chi connectivity index (χ0v) is 17.4. The van der Waals surface area contributed by atoms with E-state index in [9.17, 15) is 4.79 Å². The predicted octanol–water partition coefficient (Wildman–Crippen LogP) is 3.09. The van der Waals surface area contributed by atoms with Crippen LogP contribution in [0.5, 0.6) is 0 Å². The number of hydrogen-bond acceptors (Lipinski definition) is 4. The highest BCUT2D eigenvalue weighted by molar-refractivity contribution is 6.30. The standard InChI is InChI=1S/C21H32ClN3O2/c1-15-11-24(12-16(2)27-15)13-20-5-4-10-25(20)14-21(26)23-17(3)18-6-8-19(22)9-7-18/h6-9,15-17,20H,4-5,10-14H2,1-3H3,(H,23,26). The fraction of sp³-hybridized carbons (Fsp3) is 0.667. The van der Waals surface area contributed by atoms with Gasteiger partial charge in [0.15, 0.2) is 0 Å². The Bertz CT molecular complexity index is 614. The summed E-state index contributed by atoms with van der Waals surface area (Å²) in [5, 5.41) is 3.84. The monoisotopic (exact) mass is 393 g/mol. The molecule has 4 unspecified atom stereocenters. The molecular weight excluding hydrogens is 362 g/mol. The highest BCUT2D eigenvalue weighted by Crippen LogP contribution is 2.21. The van der Waals surface area contributed by atoms with Crippen molar-refractivity contribution < 1.29 is 9.53 Å². The molecule has 0 radical (unpaired) electrons. The maximum atomic E-state index is 12.6. The van der Waals surface area contributed by atoms with Gasteiger partial charge in [-0.05, 0) is 57.9 Å². The molecule has 0 aromatic heterocycles. The molecule has 1 aromatic carbocycles. The van der Waals surface area contributed by atoms with Gasteiger partial charge < -0.3 is 10.1 Å². The molecule has 6 heteroatoms. The van der Waals surface area contributed by atoms with Crippen molar-refractivity contribution >= 4 is 17.5 Å². The topological polar surface area (TPSA) is 44.8 Å². The molecule has 5 nitrogen and oxygen atoms in total. The molecule has 150 valence electrons. The molecule has 27 heavy (non-hydrogen) atoms. The van der Waals surface area contributed by atoms with Crippen LogP contribution in [0, 0.1) is 0 Å². The Morgan fingerprint density at radius 1 is 1.26 bits per heavy atom. The molecular formula is C21H32ClN3O2. The van der Waals surface area contributed by atoms with Gasteiger partial charge >= 0.3 is 0 Å². The Labute approximate surface area is 168 Å². The van der Waals surface area contributed by atoms with Crippen LogP contribution in [0.1, 0.15) is 45.2 Å². The van der Waals surface area contributed by atoms with Gasteiger partial charge in [0.1, 0.15) is 0 Å². The average molecular weight is 394 g/mol. The predicted molar refractivity (Wildman–Crippen MR) is 109 cm³/mol. The zero-order chi connectivity index (χ0) is 19.4. The number of hydrogen-bond donors (Lipinski definition) is 1. The Kier molecular flexibility index (Phi) is 7.15. The van der Waals surface area contributed by atoms with Crippen molar-refractivity contribution in [2.75, 3.05) is 32.7 Å². The number of benzene rings is 1. The number of carbonyl (C=O) groups is 1. The van der Waals surface area contributed by atoms with E-state index in [0.717, 1.165) is 31.7 Å². The van der Waals surface area contributed by atoms with E-state index in [-0.39, 0.29) is 24.2 Å². The summed E-state index contributed by atoms with van der Waals surface area (Å²) in [4.78, 5) is 17.4. The second kappa shape index (κ2) is 9.37. The first-order valence-electron chi connectivity index (χ1n) is 10.1. The van der Waals surface area contributed by atoms with Crippen molar-refractivity contribution in [1.82, 2.24) is 15.1 Å². The second-order valence-corrected chi connectivity index (χ2v) is 8.52. The zero-order valence-electron chi connectivity index (χ0n) is 16.7. The van der Waals surface area contributed by atoms with Crippen molar-refractivity contribution in [3.05, 3.63) is 34.9 Å². The lowest BCUT2D eigenvalue weighted by Crippen LogP contribution is -2.51. The van der Waals surface area contributed by atoms with Gasteiger partial charge in [0, 0.05) is 30.7 Å². The van der Waals surface area contributed by atoms with Gasteiger partial charge in [-0.1, -0.05) is 23.7 Å². The van der Waals surface area contributed by atoms with Gasteiger partial charge in [0.05, 0.1) is 24.8 Å². The Morgan fingerprint density at radius 3 is 2.59 bits per heavy atom. The van der Waals surface area contributed by atoms with E-state index in [4.69, 9.17) is 16.3 Å². The van der Waals surface area contributed by atoms with Crippen LogP contribution in [0.3, 0.4) is 0 Å². The third-order valence-corrected chi connectivity index (χ3v) is 5.81. The van der Waals surface area contributed by atoms with Crippen LogP contribution in [0.2, 0.25) is 5.02 Å². The van der Waals surface area contributed by atoms with Crippen molar-refractivity contribution in [2.45, 2.75) is 57.9 Å². The van der Waals surface area contributed by atoms with Crippen LogP contribution < -0.4 is 5.32 Å². The summed E-state index contributed by atoms with van der Waals surface area (Å²) >= 11 is 5.94. The molecule has 0 spiro atoms. The number of likely N-dealkylation sites (tertiary alicyclic amines) is 1. The SMILES string of the molecule is CC1CN(CC2CCCN2CC(=O)NC(C)c2ccc(Cl)cc2)CC(C)O1. The fourth-order valence-electron chi connectivity index (χ4n) is 4.35. The number of morpholine rings is 1. The lowest BCUT2D eigenvalue weighted by molar-refractivity contribution is -0.123. The second-order valence-electron chi connectivity index (χ2n) is 8.08. The number of halogens is 1. The van der Waals surface area contributed by atoms with Gasteiger partial charge in [-0.15, -0.1) is 0 Å². The van der Waals surface area contributed by atoms with Gasteiger partial charge in [0.2, 0.25) is 5.91 Å². The molecule has 2 heterocycles. The van der Waals surface area contributed by atoms with Gasteiger partial charge in [0.25, 0.3) is 0 Å². The molecule has 2 aliphatic heterocycles. The highest BCUT2D eigenvalue weighted by Gasteiger charge is 2.31. The first kappa shape index (κ1) is 20.6. The van der Waals surface area contributed by atoms with Gasteiger partial charge in [-0.25, -0.2) is 0 Å². The molecule has 1 N–H and O–H groups in total. The third-order valence-electron chi connectivity index (χ3n) is 5.56. The van der Waals surface area contributed by atoms with Crippen molar-refractivity contribution in [2.24, 2.45) is 0 Å². The summed E-state index contributed by atoms with van der Waals surface area (Å²) in [5.74, 6) is 0.0908. The van der Waals surface area contributed by atoms with E-state index in [1.165, 1.54) is 12.8 Å². The maximum Gasteiger partial charge on any atom is 0.234 e. The number of nitrogens with zero attached hydrogens (tertiary/aromatic N) is 2. The van der Waals surface area contributed by atoms with Crippen LogP contribution in [0.4, 0.5) is 0 Å². The van der Waals surface area contributed by atoms with Crippen LogP contribution in [-0.4, -0.2) is 66.7 Å². The van der Waals surface area contributed by atoms with Crippen LogP contribution in [0.25, 0.3) is 0 Å². The van der Waals surface area contributed by atoms with E-state index in [1.54, 1.807) is 0 Å². The summed E-state index contributed by atoms with van der Waals surface area (Å²) in [7, 11) is 0. The van der Waals surface area contributed by atoms with Crippen molar-refractivity contribution in [1.29, 1.82) is 0 Å². The molecule has 2 saturated heterocycles. The molecule has 2 aliphatic rings. The minimum atomic E-state index is -0.0169. The molecule has 1 aromatic rings. The number of rotatable bonds is 6. The minimum Gasteiger partial charge on any atom is -0.373 e. The normalized spacial score (nSPS) is 28.2. The minimum absolute atomic E-state index is 0.0169. The molecule has 2 fully saturated rings. The maximum absolute atomic E-state index is 12.6. The summed E-state index contributed by atoms with van der Waals surface area (Å²) in [6.45, 7) is 10.8. The largest absolute Gasteiger partial charge is 0.373 e. The molecule has 0 bridgehead atoms. The highest BCUT2D eigenvalue weighted by atomic mass is 35.5. The number of carbonyl (C=O) groups excluding carboxylic acids is 1. The molecule has 0 saturated carbocycles. The molecule has 4 atom stereocenters.